The molecule has 510 valence electrons. The molecular weight excluding hydrogens is 1140 g/mol. The molecule has 86 heavy (non-hydrogen) atoms. The molecule has 3 unspecified atom stereocenters. The minimum Gasteiger partial charge on any atom is -0.462 e. The van der Waals surface area contributed by atoms with E-state index >= 15 is 0 Å². The number of phosphoric ester groups is 2. The van der Waals surface area contributed by atoms with Crippen molar-refractivity contribution in [2.75, 3.05) is 39.6 Å². The number of carbonyl (C=O) groups excluding carboxylic acids is 4. The van der Waals surface area contributed by atoms with Crippen molar-refractivity contribution in [3.05, 3.63) is 0 Å². The maximum atomic E-state index is 13.0. The highest BCUT2D eigenvalue weighted by Gasteiger charge is 2.30. The lowest BCUT2D eigenvalue weighted by Gasteiger charge is -2.21. The van der Waals surface area contributed by atoms with Crippen LogP contribution in [-0.2, 0) is 65.4 Å². The minimum absolute atomic E-state index is 0.106. The Bertz CT molecular complexity index is 1690. The van der Waals surface area contributed by atoms with Crippen molar-refractivity contribution in [2.45, 2.75) is 355 Å². The molecule has 3 N–H and O–H groups in total. The average molecular weight is 1270 g/mol. The molecule has 0 radical (unpaired) electrons. The summed E-state index contributed by atoms with van der Waals surface area (Å²) in [4.78, 5) is 72.2. The third-order valence-corrected chi connectivity index (χ3v) is 17.7. The van der Waals surface area contributed by atoms with Gasteiger partial charge in [0.2, 0.25) is 0 Å². The third kappa shape index (κ3) is 59.7. The number of hydrogen-bond donors (Lipinski definition) is 3. The maximum absolute atomic E-state index is 13.0. The molecule has 0 saturated heterocycles. The van der Waals surface area contributed by atoms with E-state index in [-0.39, 0.29) is 25.7 Å². The monoisotopic (exact) mass is 1270 g/mol. The number of ether oxygens (including phenoxy) is 4. The number of carbonyl (C=O) groups is 4. The average Bonchev–Trinajstić information content (AvgIpc) is 3.64. The Morgan fingerprint density at radius 1 is 0.337 bits per heavy atom. The number of phosphoric acid groups is 2. The fourth-order valence-electron chi connectivity index (χ4n) is 10.0. The molecule has 0 aliphatic rings. The van der Waals surface area contributed by atoms with E-state index in [0.29, 0.717) is 25.7 Å². The first kappa shape index (κ1) is 84.1. The van der Waals surface area contributed by atoms with Crippen molar-refractivity contribution in [2.24, 2.45) is 11.8 Å². The van der Waals surface area contributed by atoms with Crippen LogP contribution in [0, 0.1) is 11.8 Å². The molecule has 0 fully saturated rings. The Morgan fingerprint density at radius 3 is 0.884 bits per heavy atom. The molecule has 0 rings (SSSR count). The molecule has 6 atom stereocenters. The fourth-order valence-corrected chi connectivity index (χ4v) is 11.6. The summed E-state index contributed by atoms with van der Waals surface area (Å²) in [7, 11) is -9.89. The summed E-state index contributed by atoms with van der Waals surface area (Å²) in [5, 5.41) is 10.5. The molecule has 0 amide bonds. The van der Waals surface area contributed by atoms with Crippen LogP contribution in [0.25, 0.3) is 0 Å². The largest absolute Gasteiger partial charge is 0.472 e. The van der Waals surface area contributed by atoms with E-state index in [4.69, 9.17) is 37.0 Å². The predicted octanol–water partition coefficient (Wildman–Crippen LogP) is 18.8. The first-order valence-electron chi connectivity index (χ1n) is 35.0. The highest BCUT2D eigenvalue weighted by molar-refractivity contribution is 7.47. The van der Waals surface area contributed by atoms with Gasteiger partial charge in [-0.05, 0) is 37.5 Å². The molecule has 0 aromatic heterocycles. The van der Waals surface area contributed by atoms with Gasteiger partial charge in [0.15, 0.2) is 12.2 Å². The van der Waals surface area contributed by atoms with Gasteiger partial charge in [-0.3, -0.25) is 37.3 Å². The molecule has 0 aromatic carbocycles. The summed E-state index contributed by atoms with van der Waals surface area (Å²) in [6.45, 7) is 9.49. The lowest BCUT2D eigenvalue weighted by molar-refractivity contribution is -0.161. The van der Waals surface area contributed by atoms with Crippen molar-refractivity contribution in [1.82, 2.24) is 0 Å². The zero-order chi connectivity index (χ0) is 63.6. The third-order valence-electron chi connectivity index (χ3n) is 15.8. The number of esters is 4. The van der Waals surface area contributed by atoms with Gasteiger partial charge in [-0.1, -0.05) is 286 Å². The Kier molecular flexibility index (Phi) is 58.0. The SMILES string of the molecule is CCCCCCCCCCCCC(=O)O[C@H](COC(=O)CCCCCCCCC)COP(=O)(O)OC[C@H](O)COP(=O)(O)OC[C@@H](COC(=O)CCCCCCCCCCC(C)C)OC(=O)CCCCCCCCCCCCCCCCC(C)CC. The van der Waals surface area contributed by atoms with Gasteiger partial charge in [-0.2, -0.15) is 0 Å². The summed E-state index contributed by atoms with van der Waals surface area (Å²) < 4.78 is 68.0. The maximum Gasteiger partial charge on any atom is 0.472 e. The van der Waals surface area contributed by atoms with Gasteiger partial charge in [-0.15, -0.1) is 0 Å². The summed E-state index contributed by atoms with van der Waals surface area (Å²) in [5.74, 6) is -0.562. The summed E-state index contributed by atoms with van der Waals surface area (Å²) >= 11 is 0. The van der Waals surface area contributed by atoms with Crippen LogP contribution in [0.2, 0.25) is 0 Å². The number of hydrogen-bond acceptors (Lipinski definition) is 15. The van der Waals surface area contributed by atoms with Crippen molar-refractivity contribution >= 4 is 39.5 Å². The van der Waals surface area contributed by atoms with E-state index in [9.17, 15) is 43.2 Å². The van der Waals surface area contributed by atoms with Crippen molar-refractivity contribution in [1.29, 1.82) is 0 Å². The first-order chi connectivity index (χ1) is 41.4. The van der Waals surface area contributed by atoms with Crippen molar-refractivity contribution in [3.8, 4) is 0 Å². The highest BCUT2D eigenvalue weighted by Crippen LogP contribution is 2.45. The highest BCUT2D eigenvalue weighted by atomic mass is 31.2. The quantitative estimate of drug-likeness (QED) is 0.0222. The fraction of sp³-hybridized carbons (Fsp3) is 0.940. The van der Waals surface area contributed by atoms with Gasteiger partial charge in [-0.25, -0.2) is 9.13 Å². The topological polar surface area (TPSA) is 237 Å². The van der Waals surface area contributed by atoms with Crippen LogP contribution in [0.5, 0.6) is 0 Å². The van der Waals surface area contributed by atoms with Crippen LogP contribution in [-0.4, -0.2) is 96.7 Å². The predicted molar refractivity (Wildman–Crippen MR) is 345 cm³/mol. The van der Waals surface area contributed by atoms with E-state index in [1.54, 1.807) is 0 Å². The normalized spacial score (nSPS) is 14.5. The number of aliphatic hydroxyl groups is 1. The number of rotatable bonds is 66. The smallest absolute Gasteiger partial charge is 0.462 e. The Balaban J connectivity index is 5.18. The van der Waals surface area contributed by atoms with Gasteiger partial charge >= 0.3 is 39.5 Å². The number of aliphatic hydroxyl groups excluding tert-OH is 1. The van der Waals surface area contributed by atoms with Gasteiger partial charge in [0.1, 0.15) is 19.3 Å². The second-order valence-electron chi connectivity index (χ2n) is 24.9. The van der Waals surface area contributed by atoms with Gasteiger partial charge in [0, 0.05) is 25.7 Å². The van der Waals surface area contributed by atoms with Gasteiger partial charge < -0.3 is 33.8 Å². The van der Waals surface area contributed by atoms with Crippen LogP contribution in [0.4, 0.5) is 0 Å². The molecule has 0 saturated carbocycles. The second-order valence-corrected chi connectivity index (χ2v) is 27.8. The van der Waals surface area contributed by atoms with E-state index in [1.165, 1.54) is 141 Å². The molecule has 0 bridgehead atoms. The Morgan fingerprint density at radius 2 is 0.593 bits per heavy atom. The molecule has 0 spiro atoms. The molecule has 0 aliphatic heterocycles. The zero-order valence-corrected chi connectivity index (χ0v) is 57.4. The van der Waals surface area contributed by atoms with Gasteiger partial charge in [0.25, 0.3) is 0 Å². The van der Waals surface area contributed by atoms with E-state index in [1.807, 2.05) is 0 Å². The summed E-state index contributed by atoms with van der Waals surface area (Å²) in [5.41, 5.74) is 0. The minimum atomic E-state index is -4.95. The van der Waals surface area contributed by atoms with Crippen LogP contribution in [0.1, 0.15) is 337 Å². The standard InChI is InChI=1S/C67H130O17P2/c1-7-10-12-14-16-17-25-33-39-45-51-66(71)83-62(55-77-64(69)49-43-37-29-15-13-11-8-2)57-81-85(73,74)79-53-61(68)54-80-86(75,76)82-58-63(56-78-65(70)50-44-38-32-28-27-30-35-41-47-59(4)5)84-67(72)52-46-40-34-26-23-21-19-18-20-22-24-31-36-42-48-60(6)9-3/h59-63,68H,7-58H2,1-6H3,(H,73,74)(H,75,76)/t60?,61-,62+,63+/m0/s1. The molecule has 0 aromatic rings. The summed E-state index contributed by atoms with van der Waals surface area (Å²) in [6, 6.07) is 0. The molecule has 0 heterocycles. The summed E-state index contributed by atoms with van der Waals surface area (Å²) in [6.07, 6.45) is 43.1. The van der Waals surface area contributed by atoms with E-state index < -0.39 is 97.5 Å². The lowest BCUT2D eigenvalue weighted by atomic mass is 9.99. The van der Waals surface area contributed by atoms with Gasteiger partial charge in [0.05, 0.1) is 26.4 Å². The van der Waals surface area contributed by atoms with Crippen LogP contribution in [0.3, 0.4) is 0 Å². The van der Waals surface area contributed by atoms with Crippen molar-refractivity contribution in [3.63, 3.8) is 0 Å². The molecule has 17 nitrogen and oxygen atoms in total. The molecule has 0 aliphatic carbocycles. The first-order valence-corrected chi connectivity index (χ1v) is 38.0. The van der Waals surface area contributed by atoms with Crippen LogP contribution >= 0.6 is 15.6 Å². The second kappa shape index (κ2) is 59.4. The van der Waals surface area contributed by atoms with Crippen LogP contribution in [0.15, 0.2) is 0 Å². The van der Waals surface area contributed by atoms with Crippen molar-refractivity contribution < 1.29 is 80.2 Å². The van der Waals surface area contributed by atoms with E-state index in [2.05, 4.69) is 41.5 Å². The molecular formula is C67H130O17P2. The molecule has 19 heteroatoms. The Hall–Kier alpha value is -1.94. The van der Waals surface area contributed by atoms with E-state index in [0.717, 1.165) is 115 Å². The number of unbranched alkanes of at least 4 members (excludes halogenated alkanes) is 35. The van der Waals surface area contributed by atoms with Crippen LogP contribution < -0.4 is 0 Å². The lowest BCUT2D eigenvalue weighted by Crippen LogP contribution is -2.30. The zero-order valence-electron chi connectivity index (χ0n) is 55.6. The Labute approximate surface area is 524 Å².